The van der Waals surface area contributed by atoms with Gasteiger partial charge in [0.15, 0.2) is 0 Å². The summed E-state index contributed by atoms with van der Waals surface area (Å²) in [7, 11) is 0. The fourth-order valence-corrected chi connectivity index (χ4v) is 1.78. The molecule has 0 atom stereocenters. The molecule has 1 aliphatic heterocycles. The summed E-state index contributed by atoms with van der Waals surface area (Å²) in [5.41, 5.74) is 1.08. The smallest absolute Gasteiger partial charge is 0.123 e. The molecule has 0 amide bonds. The topological polar surface area (TPSA) is 9.23 Å². The Kier molecular flexibility index (Phi) is 1.93. The highest BCUT2D eigenvalue weighted by molar-refractivity contribution is 9.09. The Morgan fingerprint density at radius 3 is 2.25 bits per heavy atom. The van der Waals surface area contributed by atoms with Crippen molar-refractivity contribution in [1.29, 1.82) is 0 Å². The molecule has 1 aromatic rings. The Bertz CT molecular complexity index is 279. The lowest BCUT2D eigenvalue weighted by Crippen LogP contribution is -2.40. The molecule has 0 radical (unpaired) electrons. The van der Waals surface area contributed by atoms with Gasteiger partial charge in [-0.3, -0.25) is 0 Å². The Morgan fingerprint density at radius 1 is 1.25 bits per heavy atom. The minimum absolute atomic E-state index is 0.0687. The van der Waals surface area contributed by atoms with Crippen LogP contribution in [-0.4, -0.2) is 13.2 Å². The number of hydrogen-bond acceptors (Lipinski definition) is 1. The molecule has 1 nitrogen and oxygen atoms in total. The number of benzene rings is 1. The van der Waals surface area contributed by atoms with Crippen molar-refractivity contribution >= 4 is 15.9 Å². The van der Waals surface area contributed by atoms with Crippen molar-refractivity contribution in [2.75, 3.05) is 13.2 Å². The fraction of sp³-hybridized carbons (Fsp3) is 0.333. The van der Waals surface area contributed by atoms with Crippen LogP contribution < -0.4 is 0 Å². The lowest BCUT2D eigenvalue weighted by Gasteiger charge is -2.36. The van der Waals surface area contributed by atoms with Crippen LogP contribution in [0.2, 0.25) is 0 Å². The molecule has 0 spiro atoms. The lowest BCUT2D eigenvalue weighted by molar-refractivity contribution is -0.00701. The second-order valence-corrected chi connectivity index (χ2v) is 4.48. The van der Waals surface area contributed by atoms with Gasteiger partial charge in [0.25, 0.3) is 0 Å². The molecule has 1 saturated heterocycles. The third-order valence-electron chi connectivity index (χ3n) is 2.02. The largest absolute Gasteiger partial charge is 0.378 e. The van der Waals surface area contributed by atoms with Gasteiger partial charge in [0.1, 0.15) is 5.82 Å². The predicted molar refractivity (Wildman–Crippen MR) is 47.8 cm³/mol. The zero-order chi connectivity index (χ0) is 8.60. The van der Waals surface area contributed by atoms with Gasteiger partial charge in [0, 0.05) is 0 Å². The molecule has 0 bridgehead atoms. The van der Waals surface area contributed by atoms with Crippen molar-refractivity contribution in [1.82, 2.24) is 0 Å². The van der Waals surface area contributed by atoms with Crippen molar-refractivity contribution in [3.05, 3.63) is 35.6 Å². The monoisotopic (exact) mass is 230 g/mol. The lowest BCUT2D eigenvalue weighted by atomic mass is 9.97. The molecule has 64 valence electrons. The van der Waals surface area contributed by atoms with Crippen LogP contribution in [0.1, 0.15) is 5.56 Å². The zero-order valence-electron chi connectivity index (χ0n) is 6.39. The maximum Gasteiger partial charge on any atom is 0.123 e. The van der Waals surface area contributed by atoms with E-state index >= 15 is 0 Å². The number of alkyl halides is 1. The fourth-order valence-electron chi connectivity index (χ4n) is 1.20. The second kappa shape index (κ2) is 2.82. The molecule has 0 aliphatic carbocycles. The highest BCUT2D eigenvalue weighted by atomic mass is 79.9. The summed E-state index contributed by atoms with van der Waals surface area (Å²) in [6.45, 7) is 1.33. The summed E-state index contributed by atoms with van der Waals surface area (Å²) in [6, 6.07) is 6.51. The summed E-state index contributed by atoms with van der Waals surface area (Å²) in [5.74, 6) is -0.199. The maximum atomic E-state index is 12.6. The summed E-state index contributed by atoms with van der Waals surface area (Å²) in [4.78, 5) is 0. The number of ether oxygens (including phenoxy) is 1. The standard InChI is InChI=1S/C9H8BrFO/c10-9(5-12-6-9)7-1-3-8(11)4-2-7/h1-4H,5-6H2. The minimum Gasteiger partial charge on any atom is -0.378 e. The molecule has 0 saturated carbocycles. The van der Waals surface area contributed by atoms with Gasteiger partial charge in [0.05, 0.1) is 17.5 Å². The Hall–Kier alpha value is -0.410. The summed E-state index contributed by atoms with van der Waals surface area (Å²) < 4.78 is 17.6. The highest BCUT2D eigenvalue weighted by Gasteiger charge is 2.37. The number of hydrogen-bond donors (Lipinski definition) is 0. The van der Waals surface area contributed by atoms with Gasteiger partial charge in [-0.1, -0.05) is 28.1 Å². The first-order valence-electron chi connectivity index (χ1n) is 3.73. The van der Waals surface area contributed by atoms with E-state index in [0.29, 0.717) is 13.2 Å². The van der Waals surface area contributed by atoms with Crippen LogP contribution in [0.15, 0.2) is 24.3 Å². The average molecular weight is 231 g/mol. The van der Waals surface area contributed by atoms with Gasteiger partial charge >= 0.3 is 0 Å². The van der Waals surface area contributed by atoms with Gasteiger partial charge in [-0.25, -0.2) is 4.39 Å². The van der Waals surface area contributed by atoms with Crippen LogP contribution in [0.4, 0.5) is 4.39 Å². The van der Waals surface area contributed by atoms with Crippen molar-refractivity contribution in [2.45, 2.75) is 4.32 Å². The van der Waals surface area contributed by atoms with Crippen molar-refractivity contribution in [3.8, 4) is 0 Å². The summed E-state index contributed by atoms with van der Waals surface area (Å²) in [5, 5.41) is 0. The average Bonchev–Trinajstić information content (AvgIpc) is 2.02. The molecule has 1 heterocycles. The third kappa shape index (κ3) is 1.27. The molecule has 3 heteroatoms. The molecule has 0 N–H and O–H groups in total. The Balaban J connectivity index is 2.28. The molecule has 2 rings (SSSR count). The maximum absolute atomic E-state index is 12.6. The van der Waals surface area contributed by atoms with Crippen LogP contribution in [-0.2, 0) is 9.06 Å². The molecule has 12 heavy (non-hydrogen) atoms. The molecular weight excluding hydrogens is 223 g/mol. The summed E-state index contributed by atoms with van der Waals surface area (Å²) >= 11 is 3.55. The SMILES string of the molecule is Fc1ccc(C2(Br)COC2)cc1. The molecule has 1 aliphatic rings. The van der Waals surface area contributed by atoms with E-state index in [1.165, 1.54) is 12.1 Å². The van der Waals surface area contributed by atoms with Gasteiger partial charge in [-0.05, 0) is 17.7 Å². The van der Waals surface area contributed by atoms with Crippen LogP contribution >= 0.6 is 15.9 Å². The van der Waals surface area contributed by atoms with E-state index in [1.807, 2.05) is 0 Å². The highest BCUT2D eigenvalue weighted by Crippen LogP contribution is 2.38. The molecular formula is C9H8BrFO. The second-order valence-electron chi connectivity index (χ2n) is 2.96. The van der Waals surface area contributed by atoms with E-state index in [9.17, 15) is 4.39 Å². The van der Waals surface area contributed by atoms with Crippen LogP contribution in [0, 0.1) is 5.82 Å². The minimum atomic E-state index is -0.199. The van der Waals surface area contributed by atoms with Gasteiger partial charge in [0.2, 0.25) is 0 Å². The molecule has 0 unspecified atom stereocenters. The first-order chi connectivity index (χ1) is 5.71. The van der Waals surface area contributed by atoms with Gasteiger partial charge in [-0.2, -0.15) is 0 Å². The Morgan fingerprint density at radius 2 is 1.83 bits per heavy atom. The first kappa shape index (κ1) is 8.20. The molecule has 0 aromatic heterocycles. The van der Waals surface area contributed by atoms with Crippen LogP contribution in [0.25, 0.3) is 0 Å². The Labute approximate surface area is 78.7 Å². The quantitative estimate of drug-likeness (QED) is 0.674. The van der Waals surface area contributed by atoms with Crippen LogP contribution in [0.3, 0.4) is 0 Å². The van der Waals surface area contributed by atoms with E-state index in [2.05, 4.69) is 15.9 Å². The number of halogens is 2. The number of rotatable bonds is 1. The first-order valence-corrected chi connectivity index (χ1v) is 4.53. The normalized spacial score (nSPS) is 20.2. The van der Waals surface area contributed by atoms with Crippen LogP contribution in [0.5, 0.6) is 0 Å². The van der Waals surface area contributed by atoms with Gasteiger partial charge < -0.3 is 4.74 Å². The van der Waals surface area contributed by atoms with E-state index in [0.717, 1.165) is 5.56 Å². The molecule has 1 fully saturated rings. The van der Waals surface area contributed by atoms with Crippen molar-refractivity contribution in [2.24, 2.45) is 0 Å². The van der Waals surface area contributed by atoms with Crippen molar-refractivity contribution in [3.63, 3.8) is 0 Å². The van der Waals surface area contributed by atoms with E-state index in [4.69, 9.17) is 4.74 Å². The zero-order valence-corrected chi connectivity index (χ0v) is 7.97. The third-order valence-corrected chi connectivity index (χ3v) is 2.94. The predicted octanol–water partition coefficient (Wildman–Crippen LogP) is 2.45. The summed E-state index contributed by atoms with van der Waals surface area (Å²) in [6.07, 6.45) is 0. The van der Waals surface area contributed by atoms with E-state index < -0.39 is 0 Å². The van der Waals surface area contributed by atoms with Gasteiger partial charge in [-0.15, -0.1) is 0 Å². The molecule has 1 aromatic carbocycles. The van der Waals surface area contributed by atoms with E-state index in [-0.39, 0.29) is 10.1 Å². The van der Waals surface area contributed by atoms with Crippen molar-refractivity contribution < 1.29 is 9.13 Å². The van der Waals surface area contributed by atoms with E-state index in [1.54, 1.807) is 12.1 Å².